The van der Waals surface area contributed by atoms with Crippen LogP contribution in [0.1, 0.15) is 32.3 Å². The van der Waals surface area contributed by atoms with Crippen LogP contribution >= 0.6 is 0 Å². The first-order valence-corrected chi connectivity index (χ1v) is 9.54. The van der Waals surface area contributed by atoms with E-state index in [1.807, 2.05) is 62.4 Å². The number of benzene rings is 2. The Morgan fingerprint density at radius 1 is 0.933 bits per heavy atom. The third-order valence-electron chi connectivity index (χ3n) is 4.90. The molecule has 1 aliphatic heterocycles. The molecule has 162 valence electrons. The van der Waals surface area contributed by atoms with E-state index in [-0.39, 0.29) is 5.91 Å². The Labute approximate surface area is 173 Å². The van der Waals surface area contributed by atoms with Crippen molar-refractivity contribution in [1.82, 2.24) is 0 Å². The molecule has 2 aromatic rings. The predicted molar refractivity (Wildman–Crippen MR) is 110 cm³/mol. The Bertz CT molecular complexity index is 861. The number of alkyl halides is 3. The Hall–Kier alpha value is -3.03. The second-order valence-corrected chi connectivity index (χ2v) is 7.46. The van der Waals surface area contributed by atoms with E-state index in [0.29, 0.717) is 0 Å². The molecular formula is C22H25F3N2O3. The molecule has 0 unspecified atom stereocenters. The van der Waals surface area contributed by atoms with E-state index >= 15 is 0 Å². The number of carbonyl (C=O) groups excluding carboxylic acids is 1. The first kappa shape index (κ1) is 23.3. The Kier molecular flexibility index (Phi) is 7.48. The van der Waals surface area contributed by atoms with Crippen molar-refractivity contribution in [1.29, 1.82) is 0 Å². The van der Waals surface area contributed by atoms with Crippen molar-refractivity contribution < 1.29 is 27.9 Å². The standard InChI is InChI=1S/C20H24N2O.C2HF3O2/c1-20(2,16-10-4-3-5-11-16)19(23)21-17-12-6-7-13-18(17)22-14-8-9-15-22;3-2(4,5)1(6)7/h3-7,10-13H,8-9,14-15H2,1-2H3,(H,21,23);(H,6,7). The number of aliphatic carboxylic acids is 1. The third kappa shape index (κ3) is 5.98. The molecule has 3 rings (SSSR count). The van der Waals surface area contributed by atoms with Gasteiger partial charge < -0.3 is 15.3 Å². The Balaban J connectivity index is 0.000000396. The van der Waals surface area contributed by atoms with Gasteiger partial charge in [0.2, 0.25) is 5.91 Å². The van der Waals surface area contributed by atoms with E-state index in [2.05, 4.69) is 16.3 Å². The van der Waals surface area contributed by atoms with Gasteiger partial charge in [0.05, 0.1) is 16.8 Å². The first-order valence-electron chi connectivity index (χ1n) is 9.54. The molecule has 1 fully saturated rings. The van der Waals surface area contributed by atoms with Gasteiger partial charge in [-0.25, -0.2) is 4.79 Å². The highest BCUT2D eigenvalue weighted by molar-refractivity contribution is 6.00. The highest BCUT2D eigenvalue weighted by atomic mass is 19.4. The number of rotatable bonds is 4. The maximum atomic E-state index is 12.9. The molecule has 0 atom stereocenters. The van der Waals surface area contributed by atoms with Crippen LogP contribution in [0.3, 0.4) is 0 Å². The zero-order chi connectivity index (χ0) is 22.4. The van der Waals surface area contributed by atoms with Gasteiger partial charge in [-0.05, 0) is 44.4 Å². The summed E-state index contributed by atoms with van der Waals surface area (Å²) in [6.07, 6.45) is -2.64. The SMILES string of the molecule is CC(C)(C(=O)Nc1ccccc1N1CCCC1)c1ccccc1.O=C(O)C(F)(F)F. The summed E-state index contributed by atoms with van der Waals surface area (Å²) < 4.78 is 31.7. The van der Waals surface area contributed by atoms with Gasteiger partial charge in [-0.3, -0.25) is 4.79 Å². The number of carboxylic acids is 1. The smallest absolute Gasteiger partial charge is 0.475 e. The van der Waals surface area contributed by atoms with Crippen molar-refractivity contribution in [2.45, 2.75) is 38.3 Å². The lowest BCUT2D eigenvalue weighted by atomic mass is 9.83. The zero-order valence-electron chi connectivity index (χ0n) is 16.9. The van der Waals surface area contributed by atoms with Gasteiger partial charge in [0.15, 0.2) is 0 Å². The molecule has 1 aliphatic rings. The van der Waals surface area contributed by atoms with Crippen LogP contribution in [0.2, 0.25) is 0 Å². The average Bonchev–Trinajstić information content (AvgIpc) is 3.23. The van der Waals surface area contributed by atoms with Gasteiger partial charge >= 0.3 is 12.1 Å². The number of para-hydroxylation sites is 2. The monoisotopic (exact) mass is 422 g/mol. The van der Waals surface area contributed by atoms with Crippen molar-refractivity contribution >= 4 is 23.3 Å². The van der Waals surface area contributed by atoms with Crippen LogP contribution < -0.4 is 10.2 Å². The summed E-state index contributed by atoms with van der Waals surface area (Å²) in [5.41, 5.74) is 2.49. The van der Waals surface area contributed by atoms with Crippen molar-refractivity contribution in [2.24, 2.45) is 0 Å². The minimum Gasteiger partial charge on any atom is -0.475 e. The van der Waals surface area contributed by atoms with Crippen LogP contribution in [-0.4, -0.2) is 36.2 Å². The summed E-state index contributed by atoms with van der Waals surface area (Å²) in [4.78, 5) is 24.1. The largest absolute Gasteiger partial charge is 0.490 e. The molecule has 2 aromatic carbocycles. The number of nitrogens with one attached hydrogen (secondary N) is 1. The molecule has 30 heavy (non-hydrogen) atoms. The number of halogens is 3. The number of carbonyl (C=O) groups is 2. The number of hydrogen-bond acceptors (Lipinski definition) is 3. The molecule has 1 saturated heterocycles. The molecule has 0 aliphatic carbocycles. The highest BCUT2D eigenvalue weighted by Gasteiger charge is 2.38. The van der Waals surface area contributed by atoms with E-state index in [1.54, 1.807) is 0 Å². The number of nitrogens with zero attached hydrogens (tertiary/aromatic N) is 1. The summed E-state index contributed by atoms with van der Waals surface area (Å²) >= 11 is 0. The predicted octanol–water partition coefficient (Wildman–Crippen LogP) is 4.84. The van der Waals surface area contributed by atoms with E-state index in [0.717, 1.165) is 30.0 Å². The fraction of sp³-hybridized carbons (Fsp3) is 0.364. The average molecular weight is 422 g/mol. The Morgan fingerprint density at radius 3 is 1.97 bits per heavy atom. The number of carboxylic acid groups (broad SMARTS) is 1. The van der Waals surface area contributed by atoms with Gasteiger partial charge in [0.1, 0.15) is 0 Å². The summed E-state index contributed by atoms with van der Waals surface area (Å²) in [5.74, 6) is -2.73. The van der Waals surface area contributed by atoms with Gasteiger partial charge in [-0.15, -0.1) is 0 Å². The maximum Gasteiger partial charge on any atom is 0.490 e. The molecule has 1 heterocycles. The number of anilines is 2. The molecule has 2 N–H and O–H groups in total. The summed E-state index contributed by atoms with van der Waals surface area (Å²) in [6, 6.07) is 18.0. The van der Waals surface area contributed by atoms with Gasteiger partial charge in [0, 0.05) is 13.1 Å². The molecule has 5 nitrogen and oxygen atoms in total. The first-order chi connectivity index (χ1) is 14.0. The van der Waals surface area contributed by atoms with Crippen LogP contribution in [0.25, 0.3) is 0 Å². The van der Waals surface area contributed by atoms with Gasteiger partial charge in [-0.2, -0.15) is 13.2 Å². The normalized spacial score (nSPS) is 14.0. The van der Waals surface area contributed by atoms with Crippen LogP contribution in [0.4, 0.5) is 24.5 Å². The van der Waals surface area contributed by atoms with Crippen LogP contribution in [0.15, 0.2) is 54.6 Å². The second-order valence-electron chi connectivity index (χ2n) is 7.46. The molecule has 0 spiro atoms. The van der Waals surface area contributed by atoms with Gasteiger partial charge in [0.25, 0.3) is 0 Å². The molecule has 0 radical (unpaired) electrons. The van der Waals surface area contributed by atoms with E-state index < -0.39 is 17.6 Å². The van der Waals surface area contributed by atoms with Crippen LogP contribution in [0, 0.1) is 0 Å². The molecule has 0 aromatic heterocycles. The molecule has 0 bridgehead atoms. The third-order valence-corrected chi connectivity index (χ3v) is 4.90. The quantitative estimate of drug-likeness (QED) is 0.740. The molecule has 0 saturated carbocycles. The van der Waals surface area contributed by atoms with Crippen molar-refractivity contribution in [3.05, 3.63) is 60.2 Å². The molecule has 8 heteroatoms. The van der Waals surface area contributed by atoms with Gasteiger partial charge in [-0.1, -0.05) is 42.5 Å². The van der Waals surface area contributed by atoms with Crippen molar-refractivity contribution in [3.8, 4) is 0 Å². The number of amides is 1. The summed E-state index contributed by atoms with van der Waals surface area (Å²) in [6.45, 7) is 6.07. The Morgan fingerprint density at radius 2 is 1.43 bits per heavy atom. The second kappa shape index (κ2) is 9.65. The van der Waals surface area contributed by atoms with Crippen LogP contribution in [0.5, 0.6) is 0 Å². The summed E-state index contributed by atoms with van der Waals surface area (Å²) in [5, 5.41) is 10.3. The fourth-order valence-electron chi connectivity index (χ4n) is 3.08. The molecular weight excluding hydrogens is 397 g/mol. The zero-order valence-corrected chi connectivity index (χ0v) is 16.9. The van der Waals surface area contributed by atoms with E-state index in [9.17, 15) is 18.0 Å². The minimum absolute atomic E-state index is 0.0235. The lowest BCUT2D eigenvalue weighted by molar-refractivity contribution is -0.192. The lowest BCUT2D eigenvalue weighted by Crippen LogP contribution is -2.35. The highest BCUT2D eigenvalue weighted by Crippen LogP contribution is 2.31. The van der Waals surface area contributed by atoms with E-state index in [1.165, 1.54) is 12.8 Å². The molecule has 1 amide bonds. The maximum absolute atomic E-state index is 12.9. The minimum atomic E-state index is -5.08. The van der Waals surface area contributed by atoms with Crippen molar-refractivity contribution in [3.63, 3.8) is 0 Å². The lowest BCUT2D eigenvalue weighted by Gasteiger charge is -2.27. The number of hydrogen-bond donors (Lipinski definition) is 2. The fourth-order valence-corrected chi connectivity index (χ4v) is 3.08. The summed E-state index contributed by atoms with van der Waals surface area (Å²) in [7, 11) is 0. The van der Waals surface area contributed by atoms with Crippen molar-refractivity contribution in [2.75, 3.05) is 23.3 Å². The van der Waals surface area contributed by atoms with E-state index in [4.69, 9.17) is 9.90 Å². The van der Waals surface area contributed by atoms with Crippen LogP contribution in [-0.2, 0) is 15.0 Å². The topological polar surface area (TPSA) is 69.6 Å².